The van der Waals surface area contributed by atoms with Crippen molar-refractivity contribution in [1.82, 2.24) is 9.97 Å². The lowest BCUT2D eigenvalue weighted by molar-refractivity contribution is -0.384. The van der Waals surface area contributed by atoms with Crippen LogP contribution < -0.4 is 26.2 Å². The Balaban J connectivity index is 1.63. The number of hydrogen-bond donors (Lipinski definition) is 4. The van der Waals surface area contributed by atoms with Crippen LogP contribution in [-0.4, -0.2) is 33.3 Å². The highest BCUT2D eigenvalue weighted by atomic mass is 19.4. The number of ether oxygens (including phenoxy) is 1. The topological polar surface area (TPSA) is 168 Å². The van der Waals surface area contributed by atoms with Gasteiger partial charge in [0.05, 0.1) is 40.3 Å². The first-order valence-electron chi connectivity index (χ1n) is 11.1. The first kappa shape index (κ1) is 26.1. The Bertz CT molecular complexity index is 1490. The summed E-state index contributed by atoms with van der Waals surface area (Å²) in [5, 5.41) is 18.5. The smallest absolute Gasteiger partial charge is 0.416 e. The van der Waals surface area contributed by atoms with Crippen LogP contribution in [0.2, 0.25) is 0 Å². The number of anilines is 4. The second-order valence-corrected chi connectivity index (χ2v) is 8.05. The standard InChI is InChI=1S/C23H19F3N6O6/c1-2-38-16-9-13(32(36)37)6-7-15(16)28-20(34)14-10-17(33)29-19-18(14)21(35)31-22(30-19)27-12-5-3-4-11(8-12)23(24,25)26/h3-9,14H,2,10H2,1H3,(H,28,34)(H3,27,29,30,31,33,35)/t14-/m1/s1. The molecule has 4 rings (SSSR count). The third kappa shape index (κ3) is 5.55. The van der Waals surface area contributed by atoms with E-state index in [0.29, 0.717) is 0 Å². The van der Waals surface area contributed by atoms with Gasteiger partial charge in [-0.1, -0.05) is 6.07 Å². The van der Waals surface area contributed by atoms with Crippen LogP contribution in [0.5, 0.6) is 5.75 Å². The number of rotatable bonds is 7. The molecule has 12 nitrogen and oxygen atoms in total. The van der Waals surface area contributed by atoms with Gasteiger partial charge in [-0.25, -0.2) is 0 Å². The monoisotopic (exact) mass is 532 g/mol. The Morgan fingerprint density at radius 2 is 2.00 bits per heavy atom. The normalized spacial score (nSPS) is 14.7. The van der Waals surface area contributed by atoms with Gasteiger partial charge in [-0.05, 0) is 31.2 Å². The maximum absolute atomic E-state index is 13.1. The van der Waals surface area contributed by atoms with E-state index in [0.717, 1.165) is 24.3 Å². The van der Waals surface area contributed by atoms with Crippen molar-refractivity contribution in [1.29, 1.82) is 0 Å². The van der Waals surface area contributed by atoms with Crippen molar-refractivity contribution in [2.45, 2.75) is 25.4 Å². The number of halogens is 3. The van der Waals surface area contributed by atoms with Gasteiger partial charge in [-0.15, -0.1) is 0 Å². The third-order valence-electron chi connectivity index (χ3n) is 5.45. The molecule has 1 aliphatic heterocycles. The average molecular weight is 532 g/mol. The van der Waals surface area contributed by atoms with Gasteiger partial charge in [-0.3, -0.25) is 29.5 Å². The number of benzene rings is 2. The molecule has 2 amide bonds. The first-order chi connectivity index (χ1) is 18.0. The molecule has 1 aromatic heterocycles. The molecule has 15 heteroatoms. The number of nitro groups is 1. The zero-order valence-electron chi connectivity index (χ0n) is 19.5. The van der Waals surface area contributed by atoms with Gasteiger partial charge in [-0.2, -0.15) is 18.2 Å². The van der Waals surface area contributed by atoms with Crippen LogP contribution in [0, 0.1) is 10.1 Å². The lowest BCUT2D eigenvalue weighted by Crippen LogP contribution is -2.36. The number of alkyl halides is 3. The van der Waals surface area contributed by atoms with Gasteiger partial charge in [0.15, 0.2) is 0 Å². The summed E-state index contributed by atoms with van der Waals surface area (Å²) in [4.78, 5) is 55.2. The van der Waals surface area contributed by atoms with Gasteiger partial charge < -0.3 is 20.7 Å². The largest absolute Gasteiger partial charge is 0.491 e. The second kappa shape index (κ2) is 10.2. The summed E-state index contributed by atoms with van der Waals surface area (Å²) in [5.41, 5.74) is -2.11. The fraction of sp³-hybridized carbons (Fsp3) is 0.217. The minimum Gasteiger partial charge on any atom is -0.491 e. The molecule has 0 unspecified atom stereocenters. The van der Waals surface area contributed by atoms with Crippen LogP contribution >= 0.6 is 0 Å². The van der Waals surface area contributed by atoms with Crippen LogP contribution in [0.4, 0.5) is 42.0 Å². The van der Waals surface area contributed by atoms with Crippen molar-refractivity contribution in [3.63, 3.8) is 0 Å². The van der Waals surface area contributed by atoms with Crippen LogP contribution in [0.3, 0.4) is 0 Å². The van der Waals surface area contributed by atoms with Crippen molar-refractivity contribution in [3.05, 3.63) is 74.1 Å². The van der Waals surface area contributed by atoms with E-state index in [1.54, 1.807) is 6.92 Å². The summed E-state index contributed by atoms with van der Waals surface area (Å²) in [6.45, 7) is 1.78. The number of carbonyl (C=O) groups excluding carboxylic acids is 2. The van der Waals surface area contributed by atoms with E-state index < -0.39 is 46.4 Å². The van der Waals surface area contributed by atoms with Gasteiger partial charge in [0.1, 0.15) is 11.6 Å². The van der Waals surface area contributed by atoms with E-state index in [1.807, 2.05) is 0 Å². The molecule has 0 bridgehead atoms. The number of nitro benzene ring substituents is 1. The minimum atomic E-state index is -4.59. The van der Waals surface area contributed by atoms with E-state index in [4.69, 9.17) is 4.74 Å². The molecule has 0 saturated heterocycles. The van der Waals surface area contributed by atoms with E-state index in [-0.39, 0.29) is 46.7 Å². The molecular weight excluding hydrogens is 513 g/mol. The molecule has 2 aromatic carbocycles. The Morgan fingerprint density at radius 1 is 1.24 bits per heavy atom. The maximum atomic E-state index is 13.1. The highest BCUT2D eigenvalue weighted by Gasteiger charge is 2.35. The summed E-state index contributed by atoms with van der Waals surface area (Å²) in [6.07, 6.45) is -4.99. The zero-order chi connectivity index (χ0) is 27.6. The van der Waals surface area contributed by atoms with Gasteiger partial charge in [0.25, 0.3) is 11.2 Å². The Kier molecular flexibility index (Phi) is 7.01. The number of aromatic amines is 1. The fourth-order valence-corrected chi connectivity index (χ4v) is 3.79. The van der Waals surface area contributed by atoms with Crippen LogP contribution in [0.1, 0.15) is 30.4 Å². The number of aromatic nitrogens is 2. The van der Waals surface area contributed by atoms with Crippen molar-refractivity contribution >= 4 is 40.6 Å². The predicted molar refractivity (Wildman–Crippen MR) is 128 cm³/mol. The van der Waals surface area contributed by atoms with Crippen LogP contribution in [-0.2, 0) is 15.8 Å². The van der Waals surface area contributed by atoms with Crippen molar-refractivity contribution in [2.24, 2.45) is 0 Å². The van der Waals surface area contributed by atoms with Crippen molar-refractivity contribution in [2.75, 3.05) is 22.6 Å². The average Bonchev–Trinajstić information content (AvgIpc) is 2.84. The molecular formula is C23H19F3N6O6. The summed E-state index contributed by atoms with van der Waals surface area (Å²) in [7, 11) is 0. The fourth-order valence-electron chi connectivity index (χ4n) is 3.79. The first-order valence-corrected chi connectivity index (χ1v) is 11.1. The number of carbonyl (C=O) groups is 2. The Labute approximate surface area is 211 Å². The van der Waals surface area contributed by atoms with Gasteiger partial charge in [0, 0.05) is 18.2 Å². The molecule has 0 radical (unpaired) electrons. The molecule has 1 atom stereocenters. The SMILES string of the molecule is CCOc1cc([N+](=O)[O-])ccc1NC(=O)[C@@H]1CC(=O)Nc2nc(Nc3cccc(C(F)(F)F)c3)[nH]c(=O)c21. The predicted octanol–water partition coefficient (Wildman–Crippen LogP) is 3.90. The van der Waals surface area contributed by atoms with E-state index in [2.05, 4.69) is 25.9 Å². The zero-order valence-corrected chi connectivity index (χ0v) is 19.5. The second-order valence-electron chi connectivity index (χ2n) is 8.05. The van der Waals surface area contributed by atoms with E-state index in [1.165, 1.54) is 18.2 Å². The summed E-state index contributed by atoms with van der Waals surface area (Å²) in [6, 6.07) is 7.71. The number of H-pyrrole nitrogens is 1. The van der Waals surface area contributed by atoms with Gasteiger partial charge >= 0.3 is 6.18 Å². The van der Waals surface area contributed by atoms with Crippen LogP contribution in [0.15, 0.2) is 47.3 Å². The molecule has 0 spiro atoms. The van der Waals surface area contributed by atoms with E-state index >= 15 is 0 Å². The number of nitrogens with one attached hydrogen (secondary N) is 4. The number of hydrogen-bond acceptors (Lipinski definition) is 8. The molecule has 4 N–H and O–H groups in total. The summed E-state index contributed by atoms with van der Waals surface area (Å²) in [5.74, 6) is -3.18. The molecule has 38 heavy (non-hydrogen) atoms. The number of non-ortho nitro benzene ring substituents is 1. The van der Waals surface area contributed by atoms with E-state index in [9.17, 15) is 37.7 Å². The molecule has 198 valence electrons. The number of amides is 2. The highest BCUT2D eigenvalue weighted by molar-refractivity contribution is 6.05. The van der Waals surface area contributed by atoms with Crippen molar-refractivity contribution in [3.8, 4) is 5.75 Å². The van der Waals surface area contributed by atoms with Crippen molar-refractivity contribution < 1.29 is 32.4 Å². The van der Waals surface area contributed by atoms with Gasteiger partial charge in [0.2, 0.25) is 17.8 Å². The lowest BCUT2D eigenvalue weighted by atomic mass is 9.92. The molecule has 0 saturated carbocycles. The lowest BCUT2D eigenvalue weighted by Gasteiger charge is -2.24. The maximum Gasteiger partial charge on any atom is 0.416 e. The molecule has 1 aliphatic rings. The molecule has 0 aliphatic carbocycles. The Morgan fingerprint density at radius 3 is 2.68 bits per heavy atom. The number of nitrogens with zero attached hydrogens (tertiary/aromatic N) is 2. The summed E-state index contributed by atoms with van der Waals surface area (Å²) >= 11 is 0. The molecule has 0 fully saturated rings. The third-order valence-corrected chi connectivity index (χ3v) is 5.45. The highest BCUT2D eigenvalue weighted by Crippen LogP contribution is 2.34. The quantitative estimate of drug-likeness (QED) is 0.262. The Hall–Kier alpha value is -4.95. The minimum absolute atomic E-state index is 0.0169. The van der Waals surface area contributed by atoms with Crippen LogP contribution in [0.25, 0.3) is 0 Å². The summed E-state index contributed by atoms with van der Waals surface area (Å²) < 4.78 is 44.4. The molecule has 3 aromatic rings. The molecule has 2 heterocycles. The number of fused-ring (bicyclic) bond motifs is 1.